The lowest BCUT2D eigenvalue weighted by Gasteiger charge is -2.02. The Kier molecular flexibility index (Phi) is 1.93. The van der Waals surface area contributed by atoms with Crippen molar-refractivity contribution in [2.24, 2.45) is 0 Å². The molecule has 0 fully saturated rings. The molecule has 1 aliphatic heterocycles. The van der Waals surface area contributed by atoms with Gasteiger partial charge in [-0.15, -0.1) is 0 Å². The molecule has 0 aromatic carbocycles. The van der Waals surface area contributed by atoms with Crippen molar-refractivity contribution in [3.63, 3.8) is 0 Å². The summed E-state index contributed by atoms with van der Waals surface area (Å²) in [7, 11) is 0. The highest BCUT2D eigenvalue weighted by molar-refractivity contribution is 5.65. The summed E-state index contributed by atoms with van der Waals surface area (Å²) in [4.78, 5) is 4.39. The molecule has 1 aliphatic rings. The van der Waals surface area contributed by atoms with Crippen LogP contribution in [0.15, 0.2) is 18.4 Å². The van der Waals surface area contributed by atoms with Gasteiger partial charge >= 0.3 is 0 Å². The van der Waals surface area contributed by atoms with Crippen LogP contribution in [0.1, 0.15) is 17.8 Å². The number of nitrogen functional groups attached to an aromatic ring is 1. The Bertz CT molecular complexity index is 338. The van der Waals surface area contributed by atoms with Gasteiger partial charge in [-0.25, -0.2) is 0 Å². The zero-order valence-corrected chi connectivity index (χ0v) is 7.58. The standard InChI is InChI=1S/C10H12N2O/c1-7-4-9(11)5-10(12-7)8-2-3-13-6-8/h4-6H,2-3H2,1H3,(H2,11,12). The quantitative estimate of drug-likeness (QED) is 0.708. The number of aryl methyl sites for hydroxylation is 1. The number of nitrogens with two attached hydrogens (primary N) is 1. The lowest BCUT2D eigenvalue weighted by Crippen LogP contribution is -1.94. The molecule has 1 aromatic heterocycles. The zero-order chi connectivity index (χ0) is 9.26. The molecule has 3 nitrogen and oxygen atoms in total. The van der Waals surface area contributed by atoms with Crippen LogP contribution in [-0.2, 0) is 4.74 Å². The predicted molar refractivity (Wildman–Crippen MR) is 51.9 cm³/mol. The summed E-state index contributed by atoms with van der Waals surface area (Å²) in [5.74, 6) is 0. The fourth-order valence-electron chi connectivity index (χ4n) is 1.44. The molecule has 0 unspecified atom stereocenters. The van der Waals surface area contributed by atoms with E-state index in [1.165, 1.54) is 0 Å². The largest absolute Gasteiger partial charge is 0.500 e. The van der Waals surface area contributed by atoms with Gasteiger partial charge in [-0.05, 0) is 19.1 Å². The maximum absolute atomic E-state index is 5.72. The number of rotatable bonds is 1. The minimum atomic E-state index is 0.755. The summed E-state index contributed by atoms with van der Waals surface area (Å²) in [6.45, 7) is 2.70. The van der Waals surface area contributed by atoms with Gasteiger partial charge in [0.2, 0.25) is 0 Å². The minimum Gasteiger partial charge on any atom is -0.500 e. The molecule has 2 N–H and O–H groups in total. The number of hydrogen-bond acceptors (Lipinski definition) is 3. The summed E-state index contributed by atoms with van der Waals surface area (Å²) in [5, 5.41) is 0. The van der Waals surface area contributed by atoms with E-state index in [0.29, 0.717) is 0 Å². The van der Waals surface area contributed by atoms with E-state index in [2.05, 4.69) is 4.98 Å². The highest BCUT2D eigenvalue weighted by atomic mass is 16.5. The molecule has 2 heterocycles. The maximum atomic E-state index is 5.72. The van der Waals surface area contributed by atoms with Crippen molar-refractivity contribution >= 4 is 11.3 Å². The first-order chi connectivity index (χ1) is 6.25. The Morgan fingerprint density at radius 3 is 2.92 bits per heavy atom. The average Bonchev–Trinajstić information content (AvgIpc) is 2.53. The van der Waals surface area contributed by atoms with Crippen LogP contribution in [0.25, 0.3) is 5.57 Å². The first-order valence-corrected chi connectivity index (χ1v) is 4.31. The van der Waals surface area contributed by atoms with Crippen LogP contribution < -0.4 is 5.73 Å². The second-order valence-corrected chi connectivity index (χ2v) is 3.19. The Hall–Kier alpha value is -1.51. The van der Waals surface area contributed by atoms with E-state index >= 15 is 0 Å². The Morgan fingerprint density at radius 2 is 2.31 bits per heavy atom. The molecule has 2 rings (SSSR count). The third-order valence-corrected chi connectivity index (χ3v) is 2.02. The average molecular weight is 176 g/mol. The van der Waals surface area contributed by atoms with Crippen molar-refractivity contribution in [3.05, 3.63) is 29.8 Å². The molecule has 68 valence electrons. The summed E-state index contributed by atoms with van der Waals surface area (Å²) in [6, 6.07) is 3.74. The van der Waals surface area contributed by atoms with Crippen molar-refractivity contribution < 1.29 is 4.74 Å². The molecule has 3 heteroatoms. The van der Waals surface area contributed by atoms with Gasteiger partial charge in [0, 0.05) is 23.4 Å². The molecule has 0 amide bonds. The van der Waals surface area contributed by atoms with Gasteiger partial charge in [0.05, 0.1) is 18.6 Å². The van der Waals surface area contributed by atoms with Crippen molar-refractivity contribution in [2.45, 2.75) is 13.3 Å². The van der Waals surface area contributed by atoms with Crippen LogP contribution in [0.5, 0.6) is 0 Å². The third-order valence-electron chi connectivity index (χ3n) is 2.02. The normalized spacial score (nSPS) is 15.3. The van der Waals surface area contributed by atoms with Crippen LogP contribution in [0.2, 0.25) is 0 Å². The highest BCUT2D eigenvalue weighted by Crippen LogP contribution is 2.23. The molecular formula is C10H12N2O. The summed E-state index contributed by atoms with van der Waals surface area (Å²) < 4.78 is 5.15. The van der Waals surface area contributed by atoms with Crippen LogP contribution in [0, 0.1) is 6.92 Å². The number of nitrogens with zero attached hydrogens (tertiary/aromatic N) is 1. The van der Waals surface area contributed by atoms with Gasteiger partial charge in [0.1, 0.15) is 0 Å². The van der Waals surface area contributed by atoms with Gasteiger partial charge in [0.15, 0.2) is 0 Å². The Balaban J connectivity index is 2.39. The second-order valence-electron chi connectivity index (χ2n) is 3.19. The van der Waals surface area contributed by atoms with Crippen molar-refractivity contribution in [1.29, 1.82) is 0 Å². The molecule has 0 radical (unpaired) electrons. The number of pyridine rings is 1. The van der Waals surface area contributed by atoms with Gasteiger partial charge in [0.25, 0.3) is 0 Å². The monoisotopic (exact) mass is 176 g/mol. The van der Waals surface area contributed by atoms with E-state index in [1.54, 1.807) is 6.26 Å². The number of anilines is 1. The van der Waals surface area contributed by atoms with E-state index in [0.717, 1.165) is 35.7 Å². The summed E-state index contributed by atoms with van der Waals surface area (Å²) in [5.41, 5.74) is 9.50. The number of ether oxygens (including phenoxy) is 1. The van der Waals surface area contributed by atoms with Gasteiger partial charge in [-0.1, -0.05) is 0 Å². The summed E-state index contributed by atoms with van der Waals surface area (Å²) in [6.07, 6.45) is 2.69. The number of aromatic nitrogens is 1. The molecule has 1 aromatic rings. The third kappa shape index (κ3) is 1.64. The summed E-state index contributed by atoms with van der Waals surface area (Å²) >= 11 is 0. The van der Waals surface area contributed by atoms with Crippen molar-refractivity contribution in [1.82, 2.24) is 4.98 Å². The van der Waals surface area contributed by atoms with Crippen LogP contribution in [0.4, 0.5) is 5.69 Å². The first kappa shape index (κ1) is 8.10. The smallest absolute Gasteiger partial charge is 0.0915 e. The SMILES string of the molecule is Cc1cc(N)cc(C2=COCC2)n1. The molecule has 0 bridgehead atoms. The van der Waals surface area contributed by atoms with Gasteiger partial charge in [-0.2, -0.15) is 0 Å². The van der Waals surface area contributed by atoms with Gasteiger partial charge < -0.3 is 10.5 Å². The molecule has 0 atom stereocenters. The van der Waals surface area contributed by atoms with Gasteiger partial charge in [-0.3, -0.25) is 4.98 Å². The Labute approximate surface area is 77.2 Å². The highest BCUT2D eigenvalue weighted by Gasteiger charge is 2.10. The van der Waals surface area contributed by atoms with E-state index < -0.39 is 0 Å². The minimum absolute atomic E-state index is 0.755. The van der Waals surface area contributed by atoms with Crippen LogP contribution in [0.3, 0.4) is 0 Å². The fraction of sp³-hybridized carbons (Fsp3) is 0.300. The molecular weight excluding hydrogens is 164 g/mol. The number of hydrogen-bond donors (Lipinski definition) is 1. The second kappa shape index (κ2) is 3.09. The maximum Gasteiger partial charge on any atom is 0.0915 e. The lowest BCUT2D eigenvalue weighted by atomic mass is 10.1. The first-order valence-electron chi connectivity index (χ1n) is 4.31. The predicted octanol–water partition coefficient (Wildman–Crippen LogP) is 1.73. The molecule has 0 aliphatic carbocycles. The van der Waals surface area contributed by atoms with Crippen LogP contribution >= 0.6 is 0 Å². The van der Waals surface area contributed by atoms with E-state index in [4.69, 9.17) is 10.5 Å². The molecule has 0 spiro atoms. The van der Waals surface area contributed by atoms with E-state index in [9.17, 15) is 0 Å². The van der Waals surface area contributed by atoms with Crippen molar-refractivity contribution in [3.8, 4) is 0 Å². The Morgan fingerprint density at radius 1 is 1.46 bits per heavy atom. The molecule has 13 heavy (non-hydrogen) atoms. The fourth-order valence-corrected chi connectivity index (χ4v) is 1.44. The molecule has 0 saturated carbocycles. The molecule has 0 saturated heterocycles. The van der Waals surface area contributed by atoms with Crippen LogP contribution in [-0.4, -0.2) is 11.6 Å². The van der Waals surface area contributed by atoms with Crippen molar-refractivity contribution in [2.75, 3.05) is 12.3 Å². The van der Waals surface area contributed by atoms with E-state index in [-0.39, 0.29) is 0 Å². The lowest BCUT2D eigenvalue weighted by molar-refractivity contribution is 0.281. The van der Waals surface area contributed by atoms with E-state index in [1.807, 2.05) is 19.1 Å². The zero-order valence-electron chi connectivity index (χ0n) is 7.58. The topological polar surface area (TPSA) is 48.1 Å².